The molecule has 0 bridgehead atoms. The minimum absolute atomic E-state index is 0.0290. The molecule has 94 valence electrons. The van der Waals surface area contributed by atoms with Gasteiger partial charge < -0.3 is 0 Å². The summed E-state index contributed by atoms with van der Waals surface area (Å²) in [7, 11) is 0. The molecule has 2 aromatic rings. The lowest BCUT2D eigenvalue weighted by atomic mass is 10.0. The van der Waals surface area contributed by atoms with E-state index in [4.69, 9.17) is 11.6 Å². The van der Waals surface area contributed by atoms with E-state index in [1.807, 2.05) is 12.1 Å². The number of hydrogen-bond donors (Lipinski definition) is 0. The minimum atomic E-state index is -0.0290. The van der Waals surface area contributed by atoms with Crippen molar-refractivity contribution in [3.05, 3.63) is 68.1 Å². The van der Waals surface area contributed by atoms with E-state index < -0.39 is 0 Å². The third kappa shape index (κ3) is 3.59. The third-order valence-electron chi connectivity index (χ3n) is 2.79. The topological polar surface area (TPSA) is 0 Å². The van der Waals surface area contributed by atoms with Crippen LogP contribution in [0.5, 0.6) is 0 Å². The number of hydrogen-bond acceptors (Lipinski definition) is 0. The predicted octanol–water partition coefficient (Wildman–Crippen LogP) is 6.04. The summed E-state index contributed by atoms with van der Waals surface area (Å²) in [5.74, 6) is 0. The first-order valence-corrected chi connectivity index (χ1v) is 7.73. The van der Waals surface area contributed by atoms with E-state index in [-0.39, 0.29) is 5.38 Å². The van der Waals surface area contributed by atoms with Gasteiger partial charge in [-0.1, -0.05) is 61.7 Å². The maximum absolute atomic E-state index is 6.52. The Morgan fingerprint density at radius 2 is 1.89 bits per heavy atom. The summed E-state index contributed by atoms with van der Waals surface area (Å²) >= 11 is 13.6. The molecule has 0 nitrogen and oxygen atoms in total. The zero-order valence-corrected chi connectivity index (χ0v) is 13.9. The number of benzene rings is 2. The van der Waals surface area contributed by atoms with Crippen LogP contribution in [0.4, 0.5) is 0 Å². The Morgan fingerprint density at radius 3 is 2.61 bits per heavy atom. The SMILES string of the molecule is Cc1cccc(CC(Cl)c2cc(Br)ccc2Br)c1. The van der Waals surface area contributed by atoms with Gasteiger partial charge >= 0.3 is 0 Å². The summed E-state index contributed by atoms with van der Waals surface area (Å²) in [5.41, 5.74) is 3.65. The Morgan fingerprint density at radius 1 is 1.11 bits per heavy atom. The molecule has 3 heteroatoms. The zero-order chi connectivity index (χ0) is 13.1. The van der Waals surface area contributed by atoms with Crippen molar-refractivity contribution in [2.75, 3.05) is 0 Å². The van der Waals surface area contributed by atoms with Gasteiger partial charge in [-0.05, 0) is 42.7 Å². The second kappa shape index (κ2) is 6.23. The standard InChI is InChI=1S/C15H13Br2Cl/c1-10-3-2-4-11(7-10)8-15(18)13-9-12(16)5-6-14(13)17/h2-7,9,15H,8H2,1H3. The highest BCUT2D eigenvalue weighted by Crippen LogP contribution is 2.33. The van der Waals surface area contributed by atoms with E-state index in [9.17, 15) is 0 Å². The van der Waals surface area contributed by atoms with Crippen LogP contribution >= 0.6 is 43.5 Å². The molecule has 0 N–H and O–H groups in total. The highest BCUT2D eigenvalue weighted by Gasteiger charge is 2.13. The van der Waals surface area contributed by atoms with Crippen molar-refractivity contribution in [1.82, 2.24) is 0 Å². The average Bonchev–Trinajstić information content (AvgIpc) is 2.32. The van der Waals surface area contributed by atoms with Crippen LogP contribution in [-0.4, -0.2) is 0 Å². The van der Waals surface area contributed by atoms with Crippen molar-refractivity contribution >= 4 is 43.5 Å². The molecule has 0 amide bonds. The third-order valence-corrected chi connectivity index (χ3v) is 4.40. The highest BCUT2D eigenvalue weighted by molar-refractivity contribution is 9.11. The van der Waals surface area contributed by atoms with Gasteiger partial charge in [-0.2, -0.15) is 0 Å². The molecule has 0 aliphatic heterocycles. The Hall–Kier alpha value is -0.310. The maximum atomic E-state index is 6.52. The van der Waals surface area contributed by atoms with E-state index in [1.54, 1.807) is 0 Å². The quantitative estimate of drug-likeness (QED) is 0.562. The van der Waals surface area contributed by atoms with E-state index >= 15 is 0 Å². The first-order valence-electron chi connectivity index (χ1n) is 5.71. The number of aryl methyl sites for hydroxylation is 1. The number of alkyl halides is 1. The van der Waals surface area contributed by atoms with Gasteiger partial charge in [0.15, 0.2) is 0 Å². The Bertz CT molecular complexity index is 552. The Balaban J connectivity index is 2.21. The van der Waals surface area contributed by atoms with Gasteiger partial charge in [-0.25, -0.2) is 0 Å². The molecule has 0 aliphatic carbocycles. The molecule has 0 radical (unpaired) electrons. The predicted molar refractivity (Wildman–Crippen MR) is 85.3 cm³/mol. The highest BCUT2D eigenvalue weighted by atomic mass is 79.9. The Kier molecular flexibility index (Phi) is 4.88. The van der Waals surface area contributed by atoms with Crippen molar-refractivity contribution in [2.24, 2.45) is 0 Å². The van der Waals surface area contributed by atoms with Gasteiger partial charge in [0.2, 0.25) is 0 Å². The van der Waals surface area contributed by atoms with Crippen LogP contribution in [0.1, 0.15) is 22.1 Å². The monoisotopic (exact) mass is 386 g/mol. The molecule has 0 aliphatic rings. The van der Waals surface area contributed by atoms with Crippen LogP contribution in [0.2, 0.25) is 0 Å². The van der Waals surface area contributed by atoms with Crippen LogP contribution in [-0.2, 0) is 6.42 Å². The number of rotatable bonds is 3. The molecule has 2 aromatic carbocycles. The lowest BCUT2D eigenvalue weighted by molar-refractivity contribution is 0.912. The van der Waals surface area contributed by atoms with Crippen LogP contribution in [0.3, 0.4) is 0 Å². The van der Waals surface area contributed by atoms with E-state index in [0.29, 0.717) is 0 Å². The molecule has 1 atom stereocenters. The van der Waals surface area contributed by atoms with Gasteiger partial charge in [0.25, 0.3) is 0 Å². The number of halogens is 3. The molecule has 2 rings (SSSR count). The van der Waals surface area contributed by atoms with Crippen molar-refractivity contribution < 1.29 is 0 Å². The lowest BCUT2D eigenvalue weighted by Gasteiger charge is -2.13. The summed E-state index contributed by atoms with van der Waals surface area (Å²) < 4.78 is 2.11. The minimum Gasteiger partial charge on any atom is -0.117 e. The summed E-state index contributed by atoms with van der Waals surface area (Å²) in [4.78, 5) is 0. The van der Waals surface area contributed by atoms with Crippen LogP contribution in [0, 0.1) is 6.92 Å². The molecular weight excluding hydrogens is 375 g/mol. The zero-order valence-electron chi connectivity index (χ0n) is 9.96. The molecule has 0 heterocycles. The molecule has 0 spiro atoms. The van der Waals surface area contributed by atoms with Crippen LogP contribution in [0.15, 0.2) is 51.4 Å². The Labute approximate surface area is 130 Å². The summed E-state index contributed by atoms with van der Waals surface area (Å²) in [6.45, 7) is 2.10. The first-order chi connectivity index (χ1) is 8.56. The molecule has 0 saturated heterocycles. The van der Waals surface area contributed by atoms with Gasteiger partial charge in [0.1, 0.15) is 0 Å². The smallest absolute Gasteiger partial charge is 0.0636 e. The fourth-order valence-electron chi connectivity index (χ4n) is 1.91. The largest absolute Gasteiger partial charge is 0.117 e. The second-order valence-corrected chi connectivity index (χ2v) is 6.62. The van der Waals surface area contributed by atoms with Crippen molar-refractivity contribution in [3.8, 4) is 0 Å². The molecular formula is C15H13Br2Cl. The average molecular weight is 389 g/mol. The van der Waals surface area contributed by atoms with Crippen LogP contribution in [0.25, 0.3) is 0 Å². The maximum Gasteiger partial charge on any atom is 0.0636 e. The molecule has 0 fully saturated rings. The summed E-state index contributed by atoms with van der Waals surface area (Å²) in [6.07, 6.45) is 0.832. The molecule has 1 unspecified atom stereocenters. The second-order valence-electron chi connectivity index (χ2n) is 4.33. The normalized spacial score (nSPS) is 12.4. The van der Waals surface area contributed by atoms with Crippen molar-refractivity contribution in [1.29, 1.82) is 0 Å². The summed E-state index contributed by atoms with van der Waals surface area (Å²) in [6, 6.07) is 14.6. The van der Waals surface area contributed by atoms with Crippen LogP contribution < -0.4 is 0 Å². The van der Waals surface area contributed by atoms with E-state index in [1.165, 1.54) is 11.1 Å². The first kappa shape index (κ1) is 14.1. The fourth-order valence-corrected chi connectivity index (χ4v) is 3.30. The van der Waals surface area contributed by atoms with Crippen molar-refractivity contribution in [3.63, 3.8) is 0 Å². The van der Waals surface area contributed by atoms with Crippen molar-refractivity contribution in [2.45, 2.75) is 18.7 Å². The molecule has 18 heavy (non-hydrogen) atoms. The lowest BCUT2D eigenvalue weighted by Crippen LogP contribution is -1.97. The molecule has 0 saturated carbocycles. The fraction of sp³-hybridized carbons (Fsp3) is 0.200. The van der Waals surface area contributed by atoms with Gasteiger partial charge in [-0.3, -0.25) is 0 Å². The van der Waals surface area contributed by atoms with E-state index in [0.717, 1.165) is 20.9 Å². The molecule has 0 aromatic heterocycles. The van der Waals surface area contributed by atoms with Gasteiger partial charge in [-0.15, -0.1) is 11.6 Å². The summed E-state index contributed by atoms with van der Waals surface area (Å²) in [5, 5.41) is -0.0290. The van der Waals surface area contributed by atoms with E-state index in [2.05, 4.69) is 69.1 Å². The van der Waals surface area contributed by atoms with Gasteiger partial charge in [0, 0.05) is 8.95 Å². The van der Waals surface area contributed by atoms with Gasteiger partial charge in [0.05, 0.1) is 5.38 Å².